The largest absolute Gasteiger partial charge is 0.310 e. The number of nitrogens with one attached hydrogen (secondary N) is 1. The first kappa shape index (κ1) is 15.7. The Hall–Kier alpha value is -0.340. The minimum atomic E-state index is 0.501. The maximum absolute atomic E-state index is 3.60. The highest BCUT2D eigenvalue weighted by molar-refractivity contribution is 9.10. The van der Waals surface area contributed by atoms with Crippen LogP contribution in [-0.4, -0.2) is 6.54 Å². The van der Waals surface area contributed by atoms with Crippen LogP contribution in [0.2, 0.25) is 0 Å². The minimum absolute atomic E-state index is 0.501. The number of aryl methyl sites for hydroxylation is 1. The van der Waals surface area contributed by atoms with Crippen molar-refractivity contribution < 1.29 is 0 Å². The van der Waals surface area contributed by atoms with Crippen LogP contribution in [0.25, 0.3) is 0 Å². The predicted octanol–water partition coefficient (Wildman–Crippen LogP) is 5.23. The van der Waals surface area contributed by atoms with Crippen molar-refractivity contribution in [1.82, 2.24) is 5.32 Å². The highest BCUT2D eigenvalue weighted by Crippen LogP contribution is 2.25. The van der Waals surface area contributed by atoms with Crippen molar-refractivity contribution in [2.24, 2.45) is 5.92 Å². The lowest BCUT2D eigenvalue weighted by molar-refractivity contribution is 0.455. The van der Waals surface area contributed by atoms with Gasteiger partial charge in [-0.25, -0.2) is 0 Å². The van der Waals surface area contributed by atoms with E-state index in [4.69, 9.17) is 0 Å². The first-order valence-electron chi connectivity index (χ1n) is 7.04. The van der Waals surface area contributed by atoms with E-state index < -0.39 is 0 Å². The summed E-state index contributed by atoms with van der Waals surface area (Å²) in [5.41, 5.74) is 2.74. The fourth-order valence-corrected chi connectivity index (χ4v) is 2.49. The van der Waals surface area contributed by atoms with Crippen LogP contribution in [0.5, 0.6) is 0 Å². The van der Waals surface area contributed by atoms with E-state index in [9.17, 15) is 0 Å². The Bertz CT molecular complexity index is 360. The summed E-state index contributed by atoms with van der Waals surface area (Å²) >= 11 is 3.57. The molecule has 0 amide bonds. The molecule has 0 aliphatic rings. The molecule has 0 radical (unpaired) electrons. The summed E-state index contributed by atoms with van der Waals surface area (Å²) in [4.78, 5) is 0. The molecule has 18 heavy (non-hydrogen) atoms. The summed E-state index contributed by atoms with van der Waals surface area (Å²) in [6.07, 6.45) is 3.84. The Labute approximate surface area is 120 Å². The van der Waals surface area contributed by atoms with E-state index in [2.05, 4.69) is 67.1 Å². The molecule has 0 saturated carbocycles. The monoisotopic (exact) mass is 311 g/mol. The van der Waals surface area contributed by atoms with Gasteiger partial charge in [0.25, 0.3) is 0 Å². The molecule has 1 nitrogen and oxygen atoms in total. The van der Waals surface area contributed by atoms with E-state index >= 15 is 0 Å². The maximum atomic E-state index is 3.60. The number of hydrogen-bond acceptors (Lipinski definition) is 1. The molecule has 1 N–H and O–H groups in total. The fourth-order valence-electron chi connectivity index (χ4n) is 2.25. The zero-order chi connectivity index (χ0) is 13.5. The van der Waals surface area contributed by atoms with Crippen molar-refractivity contribution in [3.63, 3.8) is 0 Å². The third kappa shape index (κ3) is 5.11. The molecular formula is C16H26BrN. The van der Waals surface area contributed by atoms with E-state index in [1.54, 1.807) is 0 Å². The van der Waals surface area contributed by atoms with Gasteiger partial charge < -0.3 is 5.32 Å². The first-order valence-corrected chi connectivity index (χ1v) is 7.83. The van der Waals surface area contributed by atoms with Gasteiger partial charge in [0.2, 0.25) is 0 Å². The van der Waals surface area contributed by atoms with Crippen LogP contribution in [0.1, 0.15) is 57.2 Å². The van der Waals surface area contributed by atoms with Gasteiger partial charge in [0.15, 0.2) is 0 Å². The third-order valence-electron chi connectivity index (χ3n) is 3.31. The van der Waals surface area contributed by atoms with Crippen molar-refractivity contribution in [3.8, 4) is 0 Å². The fraction of sp³-hybridized carbons (Fsp3) is 0.625. The van der Waals surface area contributed by atoms with Gasteiger partial charge in [0.05, 0.1) is 0 Å². The second-order valence-corrected chi connectivity index (χ2v) is 6.30. The molecule has 102 valence electrons. The van der Waals surface area contributed by atoms with Gasteiger partial charge in [0, 0.05) is 10.5 Å². The average Bonchev–Trinajstić information content (AvgIpc) is 2.31. The maximum Gasteiger partial charge on any atom is 0.0320 e. The van der Waals surface area contributed by atoms with Crippen LogP contribution in [0.15, 0.2) is 22.7 Å². The number of benzene rings is 1. The van der Waals surface area contributed by atoms with Crippen LogP contribution in [0.3, 0.4) is 0 Å². The predicted molar refractivity (Wildman–Crippen MR) is 84.0 cm³/mol. The summed E-state index contributed by atoms with van der Waals surface area (Å²) in [6, 6.07) is 7.20. The third-order valence-corrected chi connectivity index (χ3v) is 4.20. The van der Waals surface area contributed by atoms with Gasteiger partial charge in [-0.2, -0.15) is 0 Å². The molecule has 0 aromatic heterocycles. The normalized spacial score (nSPS) is 13.0. The Balaban J connectivity index is 2.67. The van der Waals surface area contributed by atoms with Crippen molar-refractivity contribution >= 4 is 15.9 Å². The van der Waals surface area contributed by atoms with Crippen molar-refractivity contribution in [3.05, 3.63) is 33.8 Å². The van der Waals surface area contributed by atoms with Crippen LogP contribution in [0, 0.1) is 12.8 Å². The van der Waals surface area contributed by atoms with E-state index in [1.807, 2.05) is 0 Å². The Morgan fingerprint density at radius 2 is 1.94 bits per heavy atom. The molecule has 0 spiro atoms. The van der Waals surface area contributed by atoms with Gasteiger partial charge in [-0.3, -0.25) is 0 Å². The van der Waals surface area contributed by atoms with E-state index in [1.165, 1.54) is 34.9 Å². The van der Waals surface area contributed by atoms with Crippen LogP contribution < -0.4 is 5.32 Å². The Kier molecular flexibility index (Phi) is 6.95. The molecule has 0 saturated heterocycles. The molecule has 0 fully saturated rings. The van der Waals surface area contributed by atoms with Gasteiger partial charge >= 0.3 is 0 Å². The van der Waals surface area contributed by atoms with Gasteiger partial charge in [-0.1, -0.05) is 61.7 Å². The molecule has 1 rings (SSSR count). The zero-order valence-electron chi connectivity index (χ0n) is 12.1. The van der Waals surface area contributed by atoms with Crippen LogP contribution >= 0.6 is 15.9 Å². The Morgan fingerprint density at radius 1 is 1.22 bits per heavy atom. The van der Waals surface area contributed by atoms with E-state index in [0.717, 1.165) is 12.5 Å². The zero-order valence-corrected chi connectivity index (χ0v) is 13.7. The molecule has 1 aromatic rings. The lowest BCUT2D eigenvalue weighted by Gasteiger charge is -2.19. The van der Waals surface area contributed by atoms with Crippen molar-refractivity contribution in [2.45, 2.75) is 53.0 Å². The molecular weight excluding hydrogens is 286 g/mol. The highest BCUT2D eigenvalue weighted by atomic mass is 79.9. The smallest absolute Gasteiger partial charge is 0.0320 e. The van der Waals surface area contributed by atoms with Crippen molar-refractivity contribution in [2.75, 3.05) is 6.54 Å². The van der Waals surface area contributed by atoms with Gasteiger partial charge in [-0.05, 0) is 43.0 Å². The molecule has 1 aromatic carbocycles. The lowest BCUT2D eigenvalue weighted by Crippen LogP contribution is -2.21. The quantitative estimate of drug-likeness (QED) is 0.726. The lowest BCUT2D eigenvalue weighted by atomic mass is 9.97. The second kappa shape index (κ2) is 7.96. The SMILES string of the molecule is CCNC(CCCC(C)C)c1ccc(Br)c(C)c1. The topological polar surface area (TPSA) is 12.0 Å². The molecule has 0 aliphatic heterocycles. The van der Waals surface area contributed by atoms with E-state index in [-0.39, 0.29) is 0 Å². The van der Waals surface area contributed by atoms with E-state index in [0.29, 0.717) is 6.04 Å². The number of hydrogen-bond donors (Lipinski definition) is 1. The molecule has 0 heterocycles. The average molecular weight is 312 g/mol. The Morgan fingerprint density at radius 3 is 2.50 bits per heavy atom. The van der Waals surface area contributed by atoms with Gasteiger partial charge in [-0.15, -0.1) is 0 Å². The second-order valence-electron chi connectivity index (χ2n) is 5.44. The van der Waals surface area contributed by atoms with Gasteiger partial charge in [0.1, 0.15) is 0 Å². The number of halogens is 1. The summed E-state index contributed by atoms with van der Waals surface area (Å²) in [5.74, 6) is 0.805. The first-order chi connectivity index (χ1) is 8.54. The standard InChI is InChI=1S/C16H26BrN/c1-5-18-16(8-6-7-12(2)3)14-9-10-15(17)13(4)11-14/h9-12,16,18H,5-8H2,1-4H3. The molecule has 2 heteroatoms. The van der Waals surface area contributed by atoms with Crippen LogP contribution in [0.4, 0.5) is 0 Å². The van der Waals surface area contributed by atoms with Crippen molar-refractivity contribution in [1.29, 1.82) is 0 Å². The molecule has 0 aliphatic carbocycles. The number of rotatable bonds is 7. The highest BCUT2D eigenvalue weighted by Gasteiger charge is 2.11. The minimum Gasteiger partial charge on any atom is -0.310 e. The summed E-state index contributed by atoms with van der Waals surface area (Å²) in [5, 5.41) is 3.60. The molecule has 1 unspecified atom stereocenters. The van der Waals surface area contributed by atoms with Crippen LogP contribution in [-0.2, 0) is 0 Å². The summed E-state index contributed by atoms with van der Waals surface area (Å²) in [7, 11) is 0. The summed E-state index contributed by atoms with van der Waals surface area (Å²) < 4.78 is 1.20. The summed E-state index contributed by atoms with van der Waals surface area (Å²) in [6.45, 7) is 9.96. The molecule has 1 atom stereocenters. The molecule has 0 bridgehead atoms.